The van der Waals surface area contributed by atoms with Crippen molar-refractivity contribution in [2.45, 2.75) is 19.0 Å². The number of amides is 1. The highest BCUT2D eigenvalue weighted by Gasteiger charge is 2.33. The maximum atomic E-state index is 13.4. The Hall–Kier alpha value is -3.93. The average Bonchev–Trinajstić information content (AvgIpc) is 3.45. The number of methoxy groups -OCH3 is 1. The minimum absolute atomic E-state index is 0.0742. The van der Waals surface area contributed by atoms with Gasteiger partial charge in [-0.15, -0.1) is 0 Å². The van der Waals surface area contributed by atoms with E-state index in [0.29, 0.717) is 6.42 Å². The van der Waals surface area contributed by atoms with Gasteiger partial charge in [0, 0.05) is 6.42 Å². The Morgan fingerprint density at radius 3 is 2.52 bits per heavy atom. The third-order valence-electron chi connectivity index (χ3n) is 5.61. The first kappa shape index (κ1) is 19.1. The number of fused-ring (bicyclic) bond motifs is 1. The van der Waals surface area contributed by atoms with Crippen molar-refractivity contribution in [3.05, 3.63) is 96.3 Å². The standard InChI is InChI=1S/C25H22N4O2/c1-31-20-13-11-19(12-14-20)24-15-22(18-7-3-2-4-8-18)27-29(24)25(30)16-28-17-26-21-9-5-6-10-23(21)28/h2-14,17,24H,15-16H2,1H3/t24-/m0/s1. The lowest BCUT2D eigenvalue weighted by Crippen LogP contribution is -2.30. The number of hydrogen-bond acceptors (Lipinski definition) is 4. The molecule has 1 amide bonds. The van der Waals surface area contributed by atoms with Crippen molar-refractivity contribution in [3.8, 4) is 5.75 Å². The van der Waals surface area contributed by atoms with Crippen LogP contribution in [0.2, 0.25) is 0 Å². The number of ether oxygens (including phenoxy) is 1. The van der Waals surface area contributed by atoms with Crippen LogP contribution in [0, 0.1) is 0 Å². The lowest BCUT2D eigenvalue weighted by molar-refractivity contribution is -0.133. The van der Waals surface area contributed by atoms with Crippen LogP contribution in [-0.4, -0.2) is 33.3 Å². The van der Waals surface area contributed by atoms with E-state index in [0.717, 1.165) is 33.6 Å². The van der Waals surface area contributed by atoms with Crippen molar-refractivity contribution < 1.29 is 9.53 Å². The molecule has 0 saturated carbocycles. The smallest absolute Gasteiger partial charge is 0.263 e. The minimum atomic E-state index is -0.164. The largest absolute Gasteiger partial charge is 0.497 e. The van der Waals surface area contributed by atoms with Crippen LogP contribution in [0.1, 0.15) is 23.6 Å². The van der Waals surface area contributed by atoms with Crippen LogP contribution in [0.5, 0.6) is 5.75 Å². The van der Waals surface area contributed by atoms with Crippen molar-refractivity contribution in [3.63, 3.8) is 0 Å². The summed E-state index contributed by atoms with van der Waals surface area (Å²) in [7, 11) is 1.65. The zero-order valence-electron chi connectivity index (χ0n) is 17.2. The number of carbonyl (C=O) groups excluding carboxylic acids is 1. The predicted octanol–water partition coefficient (Wildman–Crippen LogP) is 4.42. The van der Waals surface area contributed by atoms with Gasteiger partial charge in [0.25, 0.3) is 5.91 Å². The third-order valence-corrected chi connectivity index (χ3v) is 5.61. The Morgan fingerprint density at radius 2 is 1.74 bits per heavy atom. The third kappa shape index (κ3) is 3.68. The molecule has 1 aliphatic heterocycles. The van der Waals surface area contributed by atoms with Gasteiger partial charge >= 0.3 is 0 Å². The van der Waals surface area contributed by atoms with E-state index in [4.69, 9.17) is 9.84 Å². The van der Waals surface area contributed by atoms with Crippen molar-refractivity contribution in [1.82, 2.24) is 14.6 Å². The van der Waals surface area contributed by atoms with Crippen LogP contribution in [0.3, 0.4) is 0 Å². The van der Waals surface area contributed by atoms with Gasteiger partial charge in [0.2, 0.25) is 0 Å². The maximum absolute atomic E-state index is 13.4. The Morgan fingerprint density at radius 1 is 1.00 bits per heavy atom. The van der Waals surface area contributed by atoms with Crippen LogP contribution in [0.25, 0.3) is 11.0 Å². The summed E-state index contributed by atoms with van der Waals surface area (Å²) < 4.78 is 7.16. The maximum Gasteiger partial charge on any atom is 0.263 e. The lowest BCUT2D eigenvalue weighted by atomic mass is 9.98. The average molecular weight is 410 g/mol. The first-order valence-corrected chi connectivity index (χ1v) is 10.2. The van der Waals surface area contributed by atoms with Crippen molar-refractivity contribution in [1.29, 1.82) is 0 Å². The van der Waals surface area contributed by atoms with Gasteiger partial charge in [-0.05, 0) is 35.4 Å². The summed E-state index contributed by atoms with van der Waals surface area (Å²) in [4.78, 5) is 17.8. The van der Waals surface area contributed by atoms with E-state index in [1.807, 2.05) is 83.4 Å². The molecule has 0 bridgehead atoms. The fourth-order valence-corrected chi connectivity index (χ4v) is 3.99. The monoisotopic (exact) mass is 410 g/mol. The van der Waals surface area contributed by atoms with Crippen LogP contribution in [-0.2, 0) is 11.3 Å². The number of imidazole rings is 1. The lowest BCUT2D eigenvalue weighted by Gasteiger charge is -2.22. The van der Waals surface area contributed by atoms with Crippen LogP contribution in [0.15, 0.2) is 90.3 Å². The van der Waals surface area contributed by atoms with E-state index in [1.165, 1.54) is 0 Å². The number of hydrogen-bond donors (Lipinski definition) is 0. The van der Waals surface area contributed by atoms with Crippen LogP contribution >= 0.6 is 0 Å². The van der Waals surface area contributed by atoms with E-state index in [-0.39, 0.29) is 18.5 Å². The van der Waals surface area contributed by atoms with Crippen molar-refractivity contribution in [2.75, 3.05) is 7.11 Å². The Kier molecular flexibility index (Phi) is 4.96. The van der Waals surface area contributed by atoms with Crippen molar-refractivity contribution >= 4 is 22.7 Å². The van der Waals surface area contributed by atoms with E-state index in [2.05, 4.69) is 4.98 Å². The Bertz CT molecular complexity index is 1250. The number of nitrogens with zero attached hydrogens (tertiary/aromatic N) is 4. The summed E-state index contributed by atoms with van der Waals surface area (Å²) in [6.07, 6.45) is 2.37. The van der Waals surface area contributed by atoms with Gasteiger partial charge in [0.15, 0.2) is 0 Å². The van der Waals surface area contributed by atoms with E-state index in [1.54, 1.807) is 18.4 Å². The first-order chi connectivity index (χ1) is 15.2. The molecule has 0 unspecified atom stereocenters. The number of carbonyl (C=O) groups is 1. The summed E-state index contributed by atoms with van der Waals surface area (Å²) in [5.41, 5.74) is 4.77. The number of benzene rings is 3. The molecular weight excluding hydrogens is 388 g/mol. The quantitative estimate of drug-likeness (QED) is 0.489. The molecule has 0 saturated heterocycles. The second kappa shape index (κ2) is 8.07. The number of hydrazone groups is 1. The highest BCUT2D eigenvalue weighted by atomic mass is 16.5. The van der Waals surface area contributed by atoms with E-state index >= 15 is 0 Å². The van der Waals surface area contributed by atoms with Gasteiger partial charge < -0.3 is 9.30 Å². The molecule has 0 aliphatic carbocycles. The number of aromatic nitrogens is 2. The zero-order valence-corrected chi connectivity index (χ0v) is 17.2. The molecule has 0 spiro atoms. The molecule has 6 heteroatoms. The summed E-state index contributed by atoms with van der Waals surface area (Å²) >= 11 is 0. The zero-order chi connectivity index (χ0) is 21.2. The predicted molar refractivity (Wildman–Crippen MR) is 120 cm³/mol. The second-order valence-corrected chi connectivity index (χ2v) is 7.51. The normalized spacial score (nSPS) is 15.8. The van der Waals surface area contributed by atoms with Gasteiger partial charge in [-0.2, -0.15) is 5.10 Å². The molecule has 6 nitrogen and oxygen atoms in total. The van der Waals surface area contributed by atoms with Crippen LogP contribution < -0.4 is 4.74 Å². The minimum Gasteiger partial charge on any atom is -0.497 e. The molecule has 1 aliphatic rings. The molecule has 3 aromatic carbocycles. The molecule has 0 fully saturated rings. The first-order valence-electron chi connectivity index (χ1n) is 10.2. The number of rotatable bonds is 5. The second-order valence-electron chi connectivity index (χ2n) is 7.51. The fourth-order valence-electron chi connectivity index (χ4n) is 3.99. The summed E-state index contributed by atoms with van der Waals surface area (Å²) in [5, 5.41) is 6.38. The van der Waals surface area contributed by atoms with Gasteiger partial charge in [0.1, 0.15) is 12.3 Å². The highest BCUT2D eigenvalue weighted by Crippen LogP contribution is 2.34. The molecule has 1 aromatic heterocycles. The van der Waals surface area contributed by atoms with E-state index < -0.39 is 0 Å². The molecule has 4 aromatic rings. The van der Waals surface area contributed by atoms with Gasteiger partial charge in [0.05, 0.1) is 36.2 Å². The molecule has 1 atom stereocenters. The fraction of sp³-hybridized carbons (Fsp3) is 0.160. The van der Waals surface area contributed by atoms with Crippen molar-refractivity contribution in [2.24, 2.45) is 5.10 Å². The van der Waals surface area contributed by atoms with Gasteiger partial charge in [-0.25, -0.2) is 9.99 Å². The Balaban J connectivity index is 1.47. The topological polar surface area (TPSA) is 59.7 Å². The van der Waals surface area contributed by atoms with Gasteiger partial charge in [-0.3, -0.25) is 4.79 Å². The molecule has 31 heavy (non-hydrogen) atoms. The molecular formula is C25H22N4O2. The van der Waals surface area contributed by atoms with E-state index in [9.17, 15) is 4.79 Å². The molecule has 5 rings (SSSR count). The molecule has 0 radical (unpaired) electrons. The number of para-hydroxylation sites is 2. The summed E-state index contributed by atoms with van der Waals surface area (Å²) in [6, 6.07) is 25.5. The van der Waals surface area contributed by atoms with Gasteiger partial charge in [-0.1, -0.05) is 54.6 Å². The Labute approximate surface area is 180 Å². The summed E-state index contributed by atoms with van der Waals surface area (Å²) in [6.45, 7) is 0.179. The SMILES string of the molecule is COc1ccc([C@@H]2CC(c3ccccc3)=NN2C(=O)Cn2cnc3ccccc32)cc1. The molecule has 0 N–H and O–H groups in total. The van der Waals surface area contributed by atoms with Crippen LogP contribution in [0.4, 0.5) is 0 Å². The molecule has 154 valence electrons. The molecule has 2 heterocycles. The summed E-state index contributed by atoms with van der Waals surface area (Å²) in [5.74, 6) is 0.712. The highest BCUT2D eigenvalue weighted by molar-refractivity contribution is 6.03.